The van der Waals surface area contributed by atoms with Crippen LogP contribution in [0.4, 0.5) is 0 Å². The van der Waals surface area contributed by atoms with E-state index in [0.29, 0.717) is 0 Å². The molecule has 0 saturated heterocycles. The predicted molar refractivity (Wildman–Crippen MR) is 66.8 cm³/mol. The van der Waals surface area contributed by atoms with Gasteiger partial charge < -0.3 is 0 Å². The van der Waals surface area contributed by atoms with Crippen LogP contribution in [0.15, 0.2) is 58.4 Å². The minimum atomic E-state index is 0.828. The molecule has 1 aromatic heterocycles. The summed E-state index contributed by atoms with van der Waals surface area (Å²) in [5.74, 6) is 0. The van der Waals surface area contributed by atoms with E-state index in [1.54, 1.807) is 0 Å². The summed E-state index contributed by atoms with van der Waals surface area (Å²) in [6.07, 6.45) is 12.5. The van der Waals surface area contributed by atoms with Crippen LogP contribution in [-0.2, 0) is 0 Å². The molecule has 1 aliphatic heterocycles. The maximum Gasteiger partial charge on any atom is 0.0836 e. The second-order valence-corrected chi connectivity index (χ2v) is 4.65. The third kappa shape index (κ3) is 1.21. The van der Waals surface area contributed by atoms with Crippen molar-refractivity contribution in [3.63, 3.8) is 0 Å². The summed E-state index contributed by atoms with van der Waals surface area (Å²) >= 11 is 0. The van der Waals surface area contributed by atoms with Crippen molar-refractivity contribution >= 4 is 5.57 Å². The normalized spacial score (nSPS) is 20.5. The number of pyridine rings is 1. The molecule has 2 heteroatoms. The fourth-order valence-electron chi connectivity index (χ4n) is 2.94. The van der Waals surface area contributed by atoms with Crippen LogP contribution in [0.3, 0.4) is 0 Å². The van der Waals surface area contributed by atoms with Gasteiger partial charge in [-0.15, -0.1) is 0 Å². The SMILES string of the molecule is C1=CCC2=C3CN=c4cnccc4=C3CC2=C1. The van der Waals surface area contributed by atoms with Crippen LogP contribution < -0.4 is 10.6 Å². The van der Waals surface area contributed by atoms with Gasteiger partial charge in [0.2, 0.25) is 0 Å². The molecule has 0 saturated carbocycles. The van der Waals surface area contributed by atoms with Crippen molar-refractivity contribution in [2.45, 2.75) is 12.8 Å². The van der Waals surface area contributed by atoms with Crippen LogP contribution >= 0.6 is 0 Å². The van der Waals surface area contributed by atoms with E-state index in [4.69, 9.17) is 0 Å². The molecule has 2 nitrogen and oxygen atoms in total. The van der Waals surface area contributed by atoms with Crippen LogP contribution in [0, 0.1) is 0 Å². The van der Waals surface area contributed by atoms with E-state index < -0.39 is 0 Å². The van der Waals surface area contributed by atoms with Crippen molar-refractivity contribution < 1.29 is 0 Å². The number of hydrogen-bond donors (Lipinski definition) is 0. The lowest BCUT2D eigenvalue weighted by atomic mass is 9.99. The van der Waals surface area contributed by atoms with Gasteiger partial charge in [0.25, 0.3) is 0 Å². The first kappa shape index (κ1) is 9.11. The van der Waals surface area contributed by atoms with Gasteiger partial charge in [-0.1, -0.05) is 18.2 Å². The van der Waals surface area contributed by atoms with Crippen LogP contribution in [0.25, 0.3) is 5.57 Å². The Labute approximate surface area is 99.4 Å². The van der Waals surface area contributed by atoms with Gasteiger partial charge in [-0.25, -0.2) is 0 Å². The molecule has 2 aliphatic carbocycles. The van der Waals surface area contributed by atoms with E-state index in [1.165, 1.54) is 27.5 Å². The third-order valence-corrected chi connectivity index (χ3v) is 3.77. The summed E-state index contributed by atoms with van der Waals surface area (Å²) < 4.78 is 0. The second-order valence-electron chi connectivity index (χ2n) is 4.65. The van der Waals surface area contributed by atoms with E-state index in [0.717, 1.165) is 24.7 Å². The Kier molecular flexibility index (Phi) is 1.75. The molecule has 1 aromatic rings. The standard InChI is InChI=1S/C15H12N2/c1-2-4-11-10(3-1)7-13-12-5-6-16-9-15(12)17-8-14(11)13/h1-3,5-6,9H,4,7-8H2. The van der Waals surface area contributed by atoms with Crippen LogP contribution in [0.1, 0.15) is 12.8 Å². The Morgan fingerprint density at radius 3 is 3.12 bits per heavy atom. The predicted octanol–water partition coefficient (Wildman–Crippen LogP) is 1.45. The van der Waals surface area contributed by atoms with Crippen molar-refractivity contribution in [1.82, 2.24) is 4.98 Å². The zero-order valence-electron chi connectivity index (χ0n) is 9.48. The Hall–Kier alpha value is -1.96. The molecule has 3 aliphatic rings. The molecular formula is C15H12N2. The summed E-state index contributed by atoms with van der Waals surface area (Å²) in [5.41, 5.74) is 5.92. The smallest absolute Gasteiger partial charge is 0.0836 e. The van der Waals surface area contributed by atoms with E-state index >= 15 is 0 Å². The molecule has 4 rings (SSSR count). The molecule has 0 unspecified atom stereocenters. The topological polar surface area (TPSA) is 25.2 Å². The minimum absolute atomic E-state index is 0.828. The highest BCUT2D eigenvalue weighted by molar-refractivity contribution is 5.78. The molecule has 0 atom stereocenters. The van der Waals surface area contributed by atoms with Gasteiger partial charge in [0.05, 0.1) is 18.1 Å². The summed E-state index contributed by atoms with van der Waals surface area (Å²) in [6, 6.07) is 2.10. The van der Waals surface area contributed by atoms with Crippen molar-refractivity contribution in [2.24, 2.45) is 4.99 Å². The number of hydrogen-bond acceptors (Lipinski definition) is 2. The Balaban J connectivity index is 2.07. The molecule has 0 aromatic carbocycles. The summed E-state index contributed by atoms with van der Waals surface area (Å²) in [5, 5.41) is 2.34. The van der Waals surface area contributed by atoms with E-state index in [2.05, 4.69) is 34.3 Å². The van der Waals surface area contributed by atoms with Gasteiger partial charge in [-0.2, -0.15) is 0 Å². The summed E-state index contributed by atoms with van der Waals surface area (Å²) in [7, 11) is 0. The van der Waals surface area contributed by atoms with Crippen molar-refractivity contribution in [1.29, 1.82) is 0 Å². The summed E-state index contributed by atoms with van der Waals surface area (Å²) in [6.45, 7) is 0.828. The molecule has 17 heavy (non-hydrogen) atoms. The van der Waals surface area contributed by atoms with Crippen molar-refractivity contribution in [3.05, 3.63) is 64.0 Å². The Bertz CT molecular complexity index is 718. The first-order valence-corrected chi connectivity index (χ1v) is 5.99. The highest BCUT2D eigenvalue weighted by Crippen LogP contribution is 2.40. The Morgan fingerprint density at radius 1 is 1.12 bits per heavy atom. The van der Waals surface area contributed by atoms with Gasteiger partial charge in [-0.05, 0) is 41.2 Å². The zero-order chi connectivity index (χ0) is 11.2. The number of allylic oxidation sites excluding steroid dienone is 5. The maximum absolute atomic E-state index is 4.63. The molecule has 0 spiro atoms. The first-order valence-electron chi connectivity index (χ1n) is 5.99. The fourth-order valence-corrected chi connectivity index (χ4v) is 2.94. The highest BCUT2D eigenvalue weighted by Gasteiger charge is 2.26. The molecule has 0 bridgehead atoms. The van der Waals surface area contributed by atoms with Gasteiger partial charge in [-0.3, -0.25) is 9.98 Å². The largest absolute Gasteiger partial charge is 0.278 e. The Morgan fingerprint density at radius 2 is 2.12 bits per heavy atom. The van der Waals surface area contributed by atoms with Crippen LogP contribution in [0.2, 0.25) is 0 Å². The molecule has 0 N–H and O–H groups in total. The van der Waals surface area contributed by atoms with Gasteiger partial charge in [0, 0.05) is 11.4 Å². The molecule has 0 fully saturated rings. The minimum Gasteiger partial charge on any atom is -0.278 e. The molecule has 82 valence electrons. The fraction of sp³-hybridized carbons (Fsp3) is 0.200. The number of rotatable bonds is 0. The van der Waals surface area contributed by atoms with Crippen LogP contribution in [0.5, 0.6) is 0 Å². The second kappa shape index (κ2) is 3.27. The van der Waals surface area contributed by atoms with E-state index in [-0.39, 0.29) is 0 Å². The lowest BCUT2D eigenvalue weighted by molar-refractivity contribution is 1.03. The number of aromatic nitrogens is 1. The lowest BCUT2D eigenvalue weighted by Crippen LogP contribution is -2.31. The molecular weight excluding hydrogens is 208 g/mol. The van der Waals surface area contributed by atoms with Crippen molar-refractivity contribution in [2.75, 3.05) is 6.54 Å². The maximum atomic E-state index is 4.63. The molecule has 2 heterocycles. The first-order chi connectivity index (χ1) is 8.43. The monoisotopic (exact) mass is 220 g/mol. The quantitative estimate of drug-likeness (QED) is 0.649. The molecule has 0 radical (unpaired) electrons. The van der Waals surface area contributed by atoms with Gasteiger partial charge >= 0.3 is 0 Å². The zero-order valence-corrected chi connectivity index (χ0v) is 9.48. The number of nitrogens with zero attached hydrogens (tertiary/aromatic N) is 2. The summed E-state index contributed by atoms with van der Waals surface area (Å²) in [4.78, 5) is 8.79. The average molecular weight is 220 g/mol. The third-order valence-electron chi connectivity index (χ3n) is 3.77. The van der Waals surface area contributed by atoms with E-state index in [1.807, 2.05) is 12.4 Å². The van der Waals surface area contributed by atoms with Crippen LogP contribution in [-0.4, -0.2) is 11.5 Å². The molecule has 0 amide bonds. The van der Waals surface area contributed by atoms with E-state index in [9.17, 15) is 0 Å². The average Bonchev–Trinajstić information content (AvgIpc) is 2.78. The highest BCUT2D eigenvalue weighted by atomic mass is 14.8. The van der Waals surface area contributed by atoms with Gasteiger partial charge in [0.1, 0.15) is 0 Å². The number of fused-ring (bicyclic) bond motifs is 3. The van der Waals surface area contributed by atoms with Crippen molar-refractivity contribution in [3.8, 4) is 0 Å². The lowest BCUT2D eigenvalue weighted by Gasteiger charge is -2.10. The van der Waals surface area contributed by atoms with Gasteiger partial charge in [0.15, 0.2) is 0 Å².